The Hall–Kier alpha value is -1.31. The second-order valence-electron chi connectivity index (χ2n) is 4.86. The second kappa shape index (κ2) is 8.73. The molecule has 0 aromatic heterocycles. The van der Waals surface area contributed by atoms with E-state index in [4.69, 9.17) is 4.74 Å². The molecule has 0 bridgehead atoms. The van der Waals surface area contributed by atoms with Crippen LogP contribution in [0.3, 0.4) is 0 Å². The molecular weight excluding hydrogens is 224 g/mol. The third-order valence-corrected chi connectivity index (χ3v) is 3.28. The Morgan fingerprint density at radius 3 is 2.56 bits per heavy atom. The number of unbranched alkanes of at least 4 members (excludes halogenated alkanes) is 2. The molecule has 1 unspecified atom stereocenters. The maximum absolute atomic E-state index is 11.6. The van der Waals surface area contributed by atoms with Crippen LogP contribution in [-0.4, -0.2) is 12.6 Å². The summed E-state index contributed by atoms with van der Waals surface area (Å²) in [6, 6.07) is 9.16. The zero-order valence-electron chi connectivity index (χ0n) is 11.5. The van der Waals surface area contributed by atoms with Crippen LogP contribution in [0.1, 0.15) is 56.3 Å². The van der Waals surface area contributed by atoms with Gasteiger partial charge in [0.05, 0.1) is 12.2 Å². The van der Waals surface area contributed by atoms with E-state index in [9.17, 15) is 4.79 Å². The molecule has 2 heteroatoms. The molecule has 0 aliphatic heterocycles. The van der Waals surface area contributed by atoms with E-state index in [2.05, 4.69) is 13.8 Å². The van der Waals surface area contributed by atoms with Crippen molar-refractivity contribution in [2.75, 3.05) is 6.61 Å². The number of rotatable bonds is 8. The van der Waals surface area contributed by atoms with E-state index in [0.29, 0.717) is 12.2 Å². The fourth-order valence-corrected chi connectivity index (χ4v) is 1.80. The maximum Gasteiger partial charge on any atom is 0.338 e. The molecule has 1 aromatic rings. The van der Waals surface area contributed by atoms with Gasteiger partial charge in [0.1, 0.15) is 0 Å². The number of benzene rings is 1. The van der Waals surface area contributed by atoms with Crippen LogP contribution in [0.15, 0.2) is 30.3 Å². The van der Waals surface area contributed by atoms with E-state index in [-0.39, 0.29) is 5.97 Å². The van der Waals surface area contributed by atoms with Gasteiger partial charge in [-0.15, -0.1) is 0 Å². The van der Waals surface area contributed by atoms with Gasteiger partial charge >= 0.3 is 5.97 Å². The van der Waals surface area contributed by atoms with Gasteiger partial charge in [0.15, 0.2) is 0 Å². The van der Waals surface area contributed by atoms with Crippen molar-refractivity contribution in [3.63, 3.8) is 0 Å². The maximum atomic E-state index is 11.6. The molecule has 0 aliphatic rings. The Morgan fingerprint density at radius 1 is 1.17 bits per heavy atom. The second-order valence-corrected chi connectivity index (χ2v) is 4.86. The van der Waals surface area contributed by atoms with Crippen molar-refractivity contribution in [3.05, 3.63) is 35.9 Å². The van der Waals surface area contributed by atoms with E-state index < -0.39 is 0 Å². The lowest BCUT2D eigenvalue weighted by Gasteiger charge is -2.08. The molecule has 1 atom stereocenters. The summed E-state index contributed by atoms with van der Waals surface area (Å²) in [5.74, 6) is 0.606. The van der Waals surface area contributed by atoms with Gasteiger partial charge in [-0.25, -0.2) is 4.79 Å². The van der Waals surface area contributed by atoms with Crippen molar-refractivity contribution in [1.29, 1.82) is 0 Å². The number of esters is 1. The van der Waals surface area contributed by atoms with Crippen molar-refractivity contribution >= 4 is 5.97 Å². The largest absolute Gasteiger partial charge is 0.462 e. The smallest absolute Gasteiger partial charge is 0.338 e. The molecule has 0 saturated heterocycles. The molecule has 0 saturated carbocycles. The molecule has 1 aromatic carbocycles. The van der Waals surface area contributed by atoms with Crippen LogP contribution in [0.5, 0.6) is 0 Å². The number of carbonyl (C=O) groups is 1. The highest BCUT2D eigenvalue weighted by molar-refractivity contribution is 5.89. The normalized spacial score (nSPS) is 12.1. The summed E-state index contributed by atoms with van der Waals surface area (Å²) >= 11 is 0. The predicted molar refractivity (Wildman–Crippen MR) is 74.6 cm³/mol. The van der Waals surface area contributed by atoms with Crippen LogP contribution in [0.25, 0.3) is 0 Å². The standard InChI is InChI=1S/C16H24O2/c1-3-14(2)10-6-5-9-13-18-16(17)15-11-7-4-8-12-15/h4,7-8,11-12,14H,3,5-6,9-10,13H2,1-2H3. The predicted octanol–water partition coefficient (Wildman–Crippen LogP) is 4.45. The molecule has 100 valence electrons. The van der Waals surface area contributed by atoms with Crippen molar-refractivity contribution < 1.29 is 9.53 Å². The summed E-state index contributed by atoms with van der Waals surface area (Å²) in [5.41, 5.74) is 0.636. The molecule has 0 aliphatic carbocycles. The van der Waals surface area contributed by atoms with E-state index in [1.54, 1.807) is 12.1 Å². The van der Waals surface area contributed by atoms with Crippen LogP contribution in [-0.2, 0) is 4.74 Å². The molecule has 0 spiro atoms. The van der Waals surface area contributed by atoms with E-state index in [1.807, 2.05) is 18.2 Å². The van der Waals surface area contributed by atoms with Crippen LogP contribution >= 0.6 is 0 Å². The van der Waals surface area contributed by atoms with Gasteiger partial charge in [0.2, 0.25) is 0 Å². The summed E-state index contributed by atoms with van der Waals surface area (Å²) in [5, 5.41) is 0. The molecule has 0 radical (unpaired) electrons. The van der Waals surface area contributed by atoms with Gasteiger partial charge in [0.25, 0.3) is 0 Å². The van der Waals surface area contributed by atoms with E-state index in [0.717, 1.165) is 18.8 Å². The Morgan fingerprint density at radius 2 is 1.89 bits per heavy atom. The fourth-order valence-electron chi connectivity index (χ4n) is 1.80. The first-order valence-corrected chi connectivity index (χ1v) is 6.96. The molecule has 2 nitrogen and oxygen atoms in total. The first-order chi connectivity index (χ1) is 8.74. The number of carbonyl (C=O) groups excluding carboxylic acids is 1. The lowest BCUT2D eigenvalue weighted by Crippen LogP contribution is -2.06. The monoisotopic (exact) mass is 248 g/mol. The van der Waals surface area contributed by atoms with Crippen molar-refractivity contribution in [2.24, 2.45) is 5.92 Å². The van der Waals surface area contributed by atoms with Crippen molar-refractivity contribution in [3.8, 4) is 0 Å². The van der Waals surface area contributed by atoms with Gasteiger partial charge in [0, 0.05) is 0 Å². The van der Waals surface area contributed by atoms with Crippen LogP contribution < -0.4 is 0 Å². The molecule has 0 amide bonds. The highest BCUT2D eigenvalue weighted by atomic mass is 16.5. The summed E-state index contributed by atoms with van der Waals surface area (Å²) in [4.78, 5) is 11.6. The summed E-state index contributed by atoms with van der Waals surface area (Å²) in [6.07, 6.45) is 5.88. The molecular formula is C16H24O2. The van der Waals surface area contributed by atoms with Crippen LogP contribution in [0.2, 0.25) is 0 Å². The minimum absolute atomic E-state index is 0.211. The molecule has 0 fully saturated rings. The van der Waals surface area contributed by atoms with Gasteiger partial charge in [-0.3, -0.25) is 0 Å². The van der Waals surface area contributed by atoms with E-state index in [1.165, 1.54) is 19.3 Å². The van der Waals surface area contributed by atoms with E-state index >= 15 is 0 Å². The first kappa shape index (κ1) is 14.7. The Balaban J connectivity index is 2.06. The van der Waals surface area contributed by atoms with Gasteiger partial charge in [-0.1, -0.05) is 57.7 Å². The minimum Gasteiger partial charge on any atom is -0.462 e. The molecule has 0 heterocycles. The number of hydrogen-bond acceptors (Lipinski definition) is 2. The van der Waals surface area contributed by atoms with Gasteiger partial charge < -0.3 is 4.74 Å². The number of ether oxygens (including phenoxy) is 1. The lowest BCUT2D eigenvalue weighted by molar-refractivity contribution is 0.0497. The van der Waals surface area contributed by atoms with Gasteiger partial charge in [-0.05, 0) is 24.5 Å². The molecule has 1 rings (SSSR count). The molecule has 18 heavy (non-hydrogen) atoms. The Labute approximate surface area is 110 Å². The first-order valence-electron chi connectivity index (χ1n) is 6.96. The van der Waals surface area contributed by atoms with Crippen LogP contribution in [0, 0.1) is 5.92 Å². The van der Waals surface area contributed by atoms with Gasteiger partial charge in [-0.2, -0.15) is 0 Å². The topological polar surface area (TPSA) is 26.3 Å². The molecule has 0 N–H and O–H groups in total. The third kappa shape index (κ3) is 5.85. The average molecular weight is 248 g/mol. The minimum atomic E-state index is -0.211. The zero-order valence-corrected chi connectivity index (χ0v) is 11.5. The van der Waals surface area contributed by atoms with Crippen molar-refractivity contribution in [1.82, 2.24) is 0 Å². The lowest BCUT2D eigenvalue weighted by atomic mass is 10.0. The summed E-state index contributed by atoms with van der Waals surface area (Å²) in [6.45, 7) is 5.05. The summed E-state index contributed by atoms with van der Waals surface area (Å²) in [7, 11) is 0. The van der Waals surface area contributed by atoms with Crippen molar-refractivity contribution in [2.45, 2.75) is 46.0 Å². The quantitative estimate of drug-likeness (QED) is 0.502. The zero-order chi connectivity index (χ0) is 13.2. The highest BCUT2D eigenvalue weighted by Gasteiger charge is 2.05. The highest BCUT2D eigenvalue weighted by Crippen LogP contribution is 2.12. The van der Waals surface area contributed by atoms with Crippen LogP contribution in [0.4, 0.5) is 0 Å². The summed E-state index contributed by atoms with van der Waals surface area (Å²) < 4.78 is 5.22. The third-order valence-electron chi connectivity index (χ3n) is 3.28. The number of hydrogen-bond donors (Lipinski definition) is 0. The average Bonchev–Trinajstić information content (AvgIpc) is 2.43. The Kier molecular flexibility index (Phi) is 7.16. The SMILES string of the molecule is CCC(C)CCCCCOC(=O)c1ccccc1. The fraction of sp³-hybridized carbons (Fsp3) is 0.562. The Bertz CT molecular complexity index is 332.